The van der Waals surface area contributed by atoms with Crippen molar-refractivity contribution in [2.75, 3.05) is 25.5 Å². The third-order valence-electron chi connectivity index (χ3n) is 6.15. The van der Waals surface area contributed by atoms with Crippen molar-refractivity contribution in [1.29, 1.82) is 0 Å². The summed E-state index contributed by atoms with van der Waals surface area (Å²) < 4.78 is 10.7. The Bertz CT molecular complexity index is 1240. The summed E-state index contributed by atoms with van der Waals surface area (Å²) in [6.45, 7) is 4.81. The number of hydrogen-bond acceptors (Lipinski definition) is 7. The van der Waals surface area contributed by atoms with Crippen LogP contribution in [0.2, 0.25) is 0 Å². The number of nitrogens with zero attached hydrogens (tertiary/aromatic N) is 2. The van der Waals surface area contributed by atoms with Crippen LogP contribution in [0.1, 0.15) is 36.1 Å². The lowest BCUT2D eigenvalue weighted by atomic mass is 9.95. The topological polar surface area (TPSA) is 102 Å². The van der Waals surface area contributed by atoms with E-state index in [4.69, 9.17) is 9.15 Å². The van der Waals surface area contributed by atoms with Gasteiger partial charge in [-0.05, 0) is 50.8 Å². The summed E-state index contributed by atoms with van der Waals surface area (Å²) in [6, 6.07) is 5.37. The number of likely N-dealkylation sites (tertiary alicyclic amines) is 1. The van der Waals surface area contributed by atoms with E-state index in [1.165, 1.54) is 11.3 Å². The zero-order valence-corrected chi connectivity index (χ0v) is 19.8. The van der Waals surface area contributed by atoms with Gasteiger partial charge in [-0.15, -0.1) is 11.3 Å². The van der Waals surface area contributed by atoms with Gasteiger partial charge in [-0.1, -0.05) is 0 Å². The van der Waals surface area contributed by atoms with Crippen LogP contribution in [0.25, 0.3) is 11.0 Å². The number of carbonyl (C=O) groups is 2. The normalized spacial score (nSPS) is 14.5. The van der Waals surface area contributed by atoms with Gasteiger partial charge in [0.15, 0.2) is 5.13 Å². The summed E-state index contributed by atoms with van der Waals surface area (Å²) in [6.07, 6.45) is 1.77. The van der Waals surface area contributed by atoms with Crippen LogP contribution in [-0.4, -0.2) is 41.9 Å². The summed E-state index contributed by atoms with van der Waals surface area (Å²) in [7, 11) is 1.56. The molecule has 1 aliphatic heterocycles. The van der Waals surface area contributed by atoms with Crippen LogP contribution >= 0.6 is 11.3 Å². The summed E-state index contributed by atoms with van der Waals surface area (Å²) >= 11 is 1.41. The number of thiazole rings is 1. The molecule has 0 atom stereocenters. The number of nitrogens with one attached hydrogen (secondary N) is 1. The largest absolute Gasteiger partial charge is 0.497 e. The lowest BCUT2D eigenvalue weighted by Gasteiger charge is -2.31. The van der Waals surface area contributed by atoms with E-state index in [9.17, 15) is 14.4 Å². The second-order valence-electron chi connectivity index (χ2n) is 8.29. The van der Waals surface area contributed by atoms with Gasteiger partial charge in [-0.3, -0.25) is 9.59 Å². The maximum Gasteiger partial charge on any atom is 0.339 e. The van der Waals surface area contributed by atoms with E-state index in [-0.39, 0.29) is 24.2 Å². The third kappa shape index (κ3) is 5.08. The molecule has 2 amide bonds. The van der Waals surface area contributed by atoms with E-state index in [1.807, 2.05) is 31.4 Å². The van der Waals surface area contributed by atoms with Gasteiger partial charge >= 0.3 is 5.63 Å². The molecule has 1 N–H and O–H groups in total. The fraction of sp³-hybridized carbons (Fsp3) is 0.417. The molecule has 33 heavy (non-hydrogen) atoms. The molecule has 1 fully saturated rings. The van der Waals surface area contributed by atoms with Gasteiger partial charge in [0.1, 0.15) is 11.3 Å². The van der Waals surface area contributed by atoms with Crippen molar-refractivity contribution in [1.82, 2.24) is 9.88 Å². The fourth-order valence-electron chi connectivity index (χ4n) is 4.19. The highest BCUT2D eigenvalue weighted by atomic mass is 32.1. The number of benzene rings is 1. The lowest BCUT2D eigenvalue weighted by molar-refractivity contribution is -0.134. The minimum Gasteiger partial charge on any atom is -0.497 e. The molecule has 0 bridgehead atoms. The highest BCUT2D eigenvalue weighted by molar-refractivity contribution is 7.13. The van der Waals surface area contributed by atoms with Gasteiger partial charge in [-0.25, -0.2) is 9.78 Å². The van der Waals surface area contributed by atoms with Crippen molar-refractivity contribution in [2.24, 2.45) is 5.92 Å². The molecule has 0 radical (unpaired) electrons. The van der Waals surface area contributed by atoms with Gasteiger partial charge in [0.2, 0.25) is 11.8 Å². The first-order chi connectivity index (χ1) is 15.9. The number of carbonyl (C=O) groups excluding carboxylic acids is 2. The predicted molar refractivity (Wildman–Crippen MR) is 127 cm³/mol. The molecule has 3 aromatic rings. The van der Waals surface area contributed by atoms with Crippen molar-refractivity contribution in [3.8, 4) is 5.75 Å². The van der Waals surface area contributed by atoms with Gasteiger partial charge in [0.05, 0.1) is 12.8 Å². The first-order valence-electron chi connectivity index (χ1n) is 11.0. The smallest absolute Gasteiger partial charge is 0.339 e. The Morgan fingerprint density at radius 3 is 2.70 bits per heavy atom. The molecule has 2 aromatic heterocycles. The standard InChI is InChI=1S/C24H27N3O5S/c1-14-13-33-24(25-14)26-22(29)16-8-10-27(11-9-16)21(28)7-6-19-15(2)18-5-4-17(31-3)12-20(18)32-23(19)30/h4-5,12-13,16H,6-11H2,1-3H3,(H,25,26,29). The average molecular weight is 470 g/mol. The van der Waals surface area contributed by atoms with Crippen LogP contribution < -0.4 is 15.7 Å². The number of fused-ring (bicyclic) bond motifs is 1. The summed E-state index contributed by atoms with van der Waals surface area (Å²) in [5.41, 5.74) is 2.28. The number of ether oxygens (including phenoxy) is 1. The second kappa shape index (κ2) is 9.74. The predicted octanol–water partition coefficient (Wildman–Crippen LogP) is 3.68. The number of anilines is 1. The first kappa shape index (κ1) is 23.0. The van der Waals surface area contributed by atoms with Crippen LogP contribution in [0.15, 0.2) is 32.8 Å². The zero-order valence-electron chi connectivity index (χ0n) is 19.0. The zero-order chi connectivity index (χ0) is 23.5. The van der Waals surface area contributed by atoms with Gasteiger partial charge < -0.3 is 19.4 Å². The van der Waals surface area contributed by atoms with Crippen LogP contribution in [0.4, 0.5) is 5.13 Å². The molecule has 3 heterocycles. The molecule has 0 unspecified atom stereocenters. The van der Waals surface area contributed by atoms with E-state index in [0.29, 0.717) is 54.4 Å². The Morgan fingerprint density at radius 1 is 1.27 bits per heavy atom. The van der Waals surface area contributed by atoms with E-state index in [0.717, 1.165) is 16.6 Å². The van der Waals surface area contributed by atoms with Crippen molar-refractivity contribution >= 4 is 39.3 Å². The second-order valence-corrected chi connectivity index (χ2v) is 9.15. The maximum absolute atomic E-state index is 12.8. The number of aryl methyl sites for hydroxylation is 2. The number of piperidine rings is 1. The molecule has 4 rings (SSSR count). The SMILES string of the molecule is COc1ccc2c(C)c(CCC(=O)N3CCC(C(=O)Nc4nc(C)cs4)CC3)c(=O)oc2c1. The van der Waals surface area contributed by atoms with Crippen LogP contribution in [0.5, 0.6) is 5.75 Å². The Balaban J connectivity index is 1.34. The van der Waals surface area contributed by atoms with E-state index in [1.54, 1.807) is 18.1 Å². The minimum absolute atomic E-state index is 0.0157. The van der Waals surface area contributed by atoms with Crippen molar-refractivity contribution < 1.29 is 18.7 Å². The average Bonchev–Trinajstić information content (AvgIpc) is 3.22. The number of methoxy groups -OCH3 is 1. The molecule has 1 saturated heterocycles. The minimum atomic E-state index is -0.422. The molecule has 8 nitrogen and oxygen atoms in total. The fourth-order valence-corrected chi connectivity index (χ4v) is 4.88. The Kier molecular flexibility index (Phi) is 6.78. The quantitative estimate of drug-likeness (QED) is 0.553. The molecule has 0 spiro atoms. The molecule has 0 aliphatic carbocycles. The van der Waals surface area contributed by atoms with Gasteiger partial charge in [-0.2, -0.15) is 0 Å². The number of hydrogen-bond donors (Lipinski definition) is 1. The van der Waals surface area contributed by atoms with Crippen molar-refractivity contribution in [3.63, 3.8) is 0 Å². The van der Waals surface area contributed by atoms with E-state index in [2.05, 4.69) is 10.3 Å². The summed E-state index contributed by atoms with van der Waals surface area (Å²) in [5.74, 6) is 0.423. The number of amides is 2. The first-order valence-corrected chi connectivity index (χ1v) is 11.8. The van der Waals surface area contributed by atoms with E-state index < -0.39 is 5.63 Å². The van der Waals surface area contributed by atoms with Gasteiger partial charge in [0.25, 0.3) is 0 Å². The van der Waals surface area contributed by atoms with Crippen LogP contribution in [-0.2, 0) is 16.0 Å². The maximum atomic E-state index is 12.8. The Labute approximate surface area is 195 Å². The number of rotatable bonds is 6. The van der Waals surface area contributed by atoms with Crippen molar-refractivity contribution in [2.45, 2.75) is 39.5 Å². The van der Waals surface area contributed by atoms with Crippen molar-refractivity contribution in [3.05, 3.63) is 50.8 Å². The molecule has 174 valence electrons. The van der Waals surface area contributed by atoms with Crippen LogP contribution in [0.3, 0.4) is 0 Å². The third-order valence-corrected chi connectivity index (χ3v) is 7.03. The Morgan fingerprint density at radius 2 is 2.03 bits per heavy atom. The summed E-state index contributed by atoms with van der Waals surface area (Å²) in [4.78, 5) is 43.8. The molecular formula is C24H27N3O5S. The molecule has 9 heteroatoms. The number of aromatic nitrogens is 1. The summed E-state index contributed by atoms with van der Waals surface area (Å²) in [5, 5.41) is 6.21. The molecular weight excluding hydrogens is 442 g/mol. The Hall–Kier alpha value is -3.20. The van der Waals surface area contributed by atoms with E-state index >= 15 is 0 Å². The van der Waals surface area contributed by atoms with Gasteiger partial charge in [0, 0.05) is 47.8 Å². The lowest BCUT2D eigenvalue weighted by Crippen LogP contribution is -2.41. The van der Waals surface area contributed by atoms with Crippen LogP contribution in [0, 0.1) is 19.8 Å². The monoisotopic (exact) mass is 469 g/mol. The molecule has 1 aliphatic rings. The molecule has 1 aromatic carbocycles. The molecule has 0 saturated carbocycles. The highest BCUT2D eigenvalue weighted by Crippen LogP contribution is 2.25. The highest BCUT2D eigenvalue weighted by Gasteiger charge is 2.28.